The predicted molar refractivity (Wildman–Crippen MR) is 107 cm³/mol. The van der Waals surface area contributed by atoms with Gasteiger partial charge in [-0.1, -0.05) is 60.2 Å². The molecular formula is C22H24N2O3. The lowest BCUT2D eigenvalue weighted by Crippen LogP contribution is -2.36. The van der Waals surface area contributed by atoms with Crippen LogP contribution in [-0.2, 0) is 9.53 Å². The summed E-state index contributed by atoms with van der Waals surface area (Å²) in [6.07, 6.45) is 5.18. The maximum absolute atomic E-state index is 12.5. The van der Waals surface area contributed by atoms with Gasteiger partial charge in [-0.2, -0.15) is 0 Å². The molecule has 2 rings (SSSR count). The van der Waals surface area contributed by atoms with Gasteiger partial charge in [-0.15, -0.1) is 0 Å². The maximum atomic E-state index is 12.5. The average Bonchev–Trinajstić information content (AvgIpc) is 2.68. The number of aryl methyl sites for hydroxylation is 1. The lowest BCUT2D eigenvalue weighted by Gasteiger charge is -2.10. The molecule has 5 nitrogen and oxygen atoms in total. The van der Waals surface area contributed by atoms with Crippen LogP contribution in [0.25, 0.3) is 6.08 Å². The molecule has 0 radical (unpaired) electrons. The van der Waals surface area contributed by atoms with Gasteiger partial charge in [0.25, 0.3) is 11.8 Å². The Hall–Kier alpha value is -3.18. The van der Waals surface area contributed by atoms with Gasteiger partial charge < -0.3 is 15.4 Å². The highest BCUT2D eigenvalue weighted by Crippen LogP contribution is 2.05. The highest BCUT2D eigenvalue weighted by molar-refractivity contribution is 6.03. The summed E-state index contributed by atoms with van der Waals surface area (Å²) < 4.78 is 4.94. The van der Waals surface area contributed by atoms with Gasteiger partial charge in [-0.25, -0.2) is 0 Å². The molecule has 5 heteroatoms. The highest BCUT2D eigenvalue weighted by atomic mass is 16.5. The second-order valence-corrected chi connectivity index (χ2v) is 5.92. The van der Waals surface area contributed by atoms with E-state index in [1.807, 2.05) is 55.5 Å². The molecule has 2 aromatic rings. The van der Waals surface area contributed by atoms with Gasteiger partial charge in [0.15, 0.2) is 0 Å². The van der Waals surface area contributed by atoms with Gasteiger partial charge >= 0.3 is 0 Å². The molecule has 0 fully saturated rings. The van der Waals surface area contributed by atoms with Crippen molar-refractivity contribution >= 4 is 17.9 Å². The summed E-state index contributed by atoms with van der Waals surface area (Å²) in [5.41, 5.74) is 2.72. The third-order valence-corrected chi connectivity index (χ3v) is 3.75. The van der Waals surface area contributed by atoms with Crippen LogP contribution >= 0.6 is 0 Å². The van der Waals surface area contributed by atoms with E-state index in [0.717, 1.165) is 11.1 Å². The first-order valence-corrected chi connectivity index (χ1v) is 8.68. The molecule has 0 aliphatic rings. The van der Waals surface area contributed by atoms with Crippen LogP contribution in [0.1, 0.15) is 21.5 Å². The summed E-state index contributed by atoms with van der Waals surface area (Å²) >= 11 is 0. The van der Waals surface area contributed by atoms with Crippen LogP contribution in [0.3, 0.4) is 0 Å². The van der Waals surface area contributed by atoms with Gasteiger partial charge in [-0.3, -0.25) is 9.59 Å². The van der Waals surface area contributed by atoms with Crippen LogP contribution in [-0.4, -0.2) is 32.1 Å². The molecule has 0 saturated carbocycles. The molecule has 2 amide bonds. The molecule has 0 aliphatic carbocycles. The molecule has 0 aromatic heterocycles. The smallest absolute Gasteiger partial charge is 0.267 e. The van der Waals surface area contributed by atoms with Gasteiger partial charge in [-0.05, 0) is 30.7 Å². The number of ether oxygens (including phenoxy) is 1. The summed E-state index contributed by atoms with van der Waals surface area (Å²) in [6, 6.07) is 16.9. The lowest BCUT2D eigenvalue weighted by atomic mass is 10.1. The second-order valence-electron chi connectivity index (χ2n) is 5.92. The van der Waals surface area contributed by atoms with Crippen molar-refractivity contribution in [2.24, 2.45) is 0 Å². The van der Waals surface area contributed by atoms with Crippen molar-refractivity contribution in [2.75, 3.05) is 20.3 Å². The number of allylic oxidation sites excluding steroid dienone is 2. The molecule has 0 bridgehead atoms. The minimum atomic E-state index is -0.370. The molecule has 2 N–H and O–H groups in total. The van der Waals surface area contributed by atoms with Crippen LogP contribution in [0.4, 0.5) is 0 Å². The van der Waals surface area contributed by atoms with Crippen molar-refractivity contribution in [3.63, 3.8) is 0 Å². The molecule has 27 heavy (non-hydrogen) atoms. The van der Waals surface area contributed by atoms with Gasteiger partial charge in [0, 0.05) is 19.2 Å². The molecule has 0 unspecified atom stereocenters. The van der Waals surface area contributed by atoms with Gasteiger partial charge in [0.1, 0.15) is 5.70 Å². The molecule has 140 valence electrons. The third-order valence-electron chi connectivity index (χ3n) is 3.75. The third kappa shape index (κ3) is 6.92. The van der Waals surface area contributed by atoms with Crippen molar-refractivity contribution < 1.29 is 14.3 Å². The van der Waals surface area contributed by atoms with E-state index in [2.05, 4.69) is 10.6 Å². The van der Waals surface area contributed by atoms with Gasteiger partial charge in [0.2, 0.25) is 0 Å². The molecule has 0 spiro atoms. The number of carbonyl (C=O) groups excluding carboxylic acids is 2. The number of benzene rings is 2. The molecule has 0 atom stereocenters. The van der Waals surface area contributed by atoms with E-state index in [0.29, 0.717) is 18.7 Å². The monoisotopic (exact) mass is 364 g/mol. The first-order chi connectivity index (χ1) is 13.1. The van der Waals surface area contributed by atoms with Crippen molar-refractivity contribution in [3.8, 4) is 0 Å². The predicted octanol–water partition coefficient (Wildman–Crippen LogP) is 3.08. The Morgan fingerprint density at radius 3 is 2.41 bits per heavy atom. The van der Waals surface area contributed by atoms with E-state index in [1.165, 1.54) is 0 Å². The minimum Gasteiger partial charge on any atom is -0.383 e. The van der Waals surface area contributed by atoms with Crippen molar-refractivity contribution in [1.29, 1.82) is 0 Å². The Balaban J connectivity index is 2.14. The van der Waals surface area contributed by atoms with E-state index in [4.69, 9.17) is 4.74 Å². The number of methoxy groups -OCH3 is 1. The van der Waals surface area contributed by atoms with E-state index in [-0.39, 0.29) is 17.5 Å². The Bertz CT molecular complexity index is 809. The lowest BCUT2D eigenvalue weighted by molar-refractivity contribution is -0.118. The van der Waals surface area contributed by atoms with Crippen molar-refractivity contribution in [3.05, 3.63) is 89.1 Å². The maximum Gasteiger partial charge on any atom is 0.267 e. The summed E-state index contributed by atoms with van der Waals surface area (Å²) in [5, 5.41) is 5.40. The fourth-order valence-corrected chi connectivity index (χ4v) is 2.25. The topological polar surface area (TPSA) is 67.4 Å². The number of hydrogen-bond donors (Lipinski definition) is 2. The largest absolute Gasteiger partial charge is 0.383 e. The number of nitrogens with one attached hydrogen (secondary N) is 2. The van der Waals surface area contributed by atoms with E-state index >= 15 is 0 Å². The van der Waals surface area contributed by atoms with Crippen LogP contribution in [0, 0.1) is 6.92 Å². The normalized spacial score (nSPS) is 11.4. The summed E-state index contributed by atoms with van der Waals surface area (Å²) in [4.78, 5) is 24.9. The fraction of sp³-hybridized carbons (Fsp3) is 0.182. The Labute approximate surface area is 159 Å². The summed E-state index contributed by atoms with van der Waals surface area (Å²) in [7, 11) is 1.56. The molecule has 0 saturated heterocycles. The van der Waals surface area contributed by atoms with E-state index in [9.17, 15) is 9.59 Å². The van der Waals surface area contributed by atoms with Crippen LogP contribution in [0.2, 0.25) is 0 Å². The van der Waals surface area contributed by atoms with Crippen LogP contribution in [0.5, 0.6) is 0 Å². The van der Waals surface area contributed by atoms with Gasteiger partial charge in [0.05, 0.1) is 6.61 Å². The molecule has 0 heterocycles. The standard InChI is InChI=1S/C22H24N2O3/c1-17-11-13-19(14-12-17)21(25)24-20(22(26)23-15-16-27-2)10-6-9-18-7-4-3-5-8-18/h3-14H,15-16H2,1-2H3,(H,23,26)(H,24,25)/b9-6?,20-10+. The summed E-state index contributed by atoms with van der Waals surface area (Å²) in [5.74, 6) is -0.707. The number of amides is 2. The van der Waals surface area contributed by atoms with E-state index in [1.54, 1.807) is 31.4 Å². The zero-order chi connectivity index (χ0) is 19.5. The van der Waals surface area contributed by atoms with Crippen LogP contribution < -0.4 is 10.6 Å². The quantitative estimate of drug-likeness (QED) is 0.430. The summed E-state index contributed by atoms with van der Waals surface area (Å²) in [6.45, 7) is 2.70. The fourth-order valence-electron chi connectivity index (χ4n) is 2.25. The first-order valence-electron chi connectivity index (χ1n) is 8.68. The molecule has 0 aliphatic heterocycles. The van der Waals surface area contributed by atoms with Crippen molar-refractivity contribution in [2.45, 2.75) is 6.92 Å². The zero-order valence-electron chi connectivity index (χ0n) is 15.6. The highest BCUT2D eigenvalue weighted by Gasteiger charge is 2.13. The SMILES string of the molecule is COCCNC(=O)/C(=C\C=Cc1ccccc1)NC(=O)c1ccc(C)cc1. The number of hydrogen-bond acceptors (Lipinski definition) is 3. The second kappa shape index (κ2) is 10.7. The number of carbonyl (C=O) groups is 2. The molecular weight excluding hydrogens is 340 g/mol. The zero-order valence-corrected chi connectivity index (χ0v) is 15.6. The first kappa shape index (κ1) is 20.1. The van der Waals surface area contributed by atoms with Crippen LogP contribution in [0.15, 0.2) is 72.4 Å². The minimum absolute atomic E-state index is 0.170. The Morgan fingerprint density at radius 2 is 1.74 bits per heavy atom. The number of rotatable bonds is 8. The van der Waals surface area contributed by atoms with E-state index < -0.39 is 0 Å². The Morgan fingerprint density at radius 1 is 1.04 bits per heavy atom. The van der Waals surface area contributed by atoms with Crippen molar-refractivity contribution in [1.82, 2.24) is 10.6 Å². The average molecular weight is 364 g/mol. The Kier molecular flexibility index (Phi) is 8.00. The molecule has 2 aromatic carbocycles.